The third-order valence-corrected chi connectivity index (χ3v) is 4.77. The van der Waals surface area contributed by atoms with Crippen molar-refractivity contribution in [2.24, 2.45) is 5.41 Å². The van der Waals surface area contributed by atoms with E-state index in [0.29, 0.717) is 0 Å². The van der Waals surface area contributed by atoms with Crippen molar-refractivity contribution in [3.05, 3.63) is 22.1 Å². The molecule has 1 N–H and O–H groups in total. The van der Waals surface area contributed by atoms with Gasteiger partial charge in [-0.05, 0) is 33.8 Å². The van der Waals surface area contributed by atoms with Crippen LogP contribution in [0.5, 0.6) is 0 Å². The highest BCUT2D eigenvalue weighted by atomic mass is 32.2. The van der Waals surface area contributed by atoms with Gasteiger partial charge in [0.15, 0.2) is 0 Å². The van der Waals surface area contributed by atoms with E-state index in [4.69, 9.17) is 0 Å². The van der Waals surface area contributed by atoms with Crippen molar-refractivity contribution in [1.82, 2.24) is 4.72 Å². The quantitative estimate of drug-likeness (QED) is 0.363. The highest BCUT2D eigenvalue weighted by molar-refractivity contribution is 7.93. The molecule has 0 aromatic rings. The summed E-state index contributed by atoms with van der Waals surface area (Å²) in [5, 5.41) is 0. The van der Waals surface area contributed by atoms with Crippen LogP contribution >= 0.6 is 0 Å². The molecule has 0 amide bonds. The second kappa shape index (κ2) is 7.79. The number of sulfonamides is 1. The Balaban J connectivity index is 6.57. The monoisotopic (exact) mass is 421 g/mol. The molecule has 26 heavy (non-hydrogen) atoms. The molecule has 13 heteroatoms. The maximum atomic E-state index is 14.0. The van der Waals surface area contributed by atoms with E-state index in [2.05, 4.69) is 0 Å². The van der Waals surface area contributed by atoms with Crippen LogP contribution in [-0.2, 0) is 10.0 Å². The number of halogens is 9. The van der Waals surface area contributed by atoms with E-state index in [1.165, 1.54) is 13.8 Å². The summed E-state index contributed by atoms with van der Waals surface area (Å²) in [6.45, 7) is 4.80. The van der Waals surface area contributed by atoms with Crippen molar-refractivity contribution in [3.8, 4) is 0 Å². The molecular weight excluding hydrogens is 405 g/mol. The van der Waals surface area contributed by atoms with Crippen LogP contribution in [0.4, 0.5) is 39.5 Å². The van der Waals surface area contributed by atoms with Gasteiger partial charge in [-0.15, -0.1) is 4.72 Å². The highest BCUT2D eigenvalue weighted by Gasteiger charge is 2.81. The summed E-state index contributed by atoms with van der Waals surface area (Å²) in [5.74, 6) is 0. The van der Waals surface area contributed by atoms with Crippen LogP contribution in [-0.4, -0.2) is 33.5 Å². The fourth-order valence-corrected chi connectivity index (χ4v) is 3.40. The maximum Gasteiger partial charge on any atom is 0.413 e. The first-order valence-corrected chi connectivity index (χ1v) is 8.20. The summed E-state index contributed by atoms with van der Waals surface area (Å²) in [7, 11) is -5.55. The Bertz CT molecular complexity index is 662. The van der Waals surface area contributed by atoms with Gasteiger partial charge in [0, 0.05) is 0 Å². The molecule has 0 aliphatic heterocycles. The summed E-state index contributed by atoms with van der Waals surface area (Å²) in [5.41, 5.74) is -6.22. The van der Waals surface area contributed by atoms with Crippen molar-refractivity contribution in [3.63, 3.8) is 0 Å². The topological polar surface area (TPSA) is 46.2 Å². The Morgan fingerprint density at radius 3 is 1.50 bits per heavy atom. The van der Waals surface area contributed by atoms with Crippen LogP contribution in [0.15, 0.2) is 22.1 Å². The second-order valence-electron chi connectivity index (χ2n) is 5.73. The predicted octanol–water partition coefficient (Wildman–Crippen LogP) is 4.84. The normalized spacial score (nSPS) is 14.0. The minimum absolute atomic E-state index is 0.0860. The molecule has 0 aromatic carbocycles. The molecule has 0 aliphatic rings. The minimum Gasteiger partial charge on any atom is -0.209 e. The average molecular weight is 421 g/mol. The van der Waals surface area contributed by atoms with E-state index < -0.39 is 45.4 Å². The third kappa shape index (κ3) is 4.53. The second-order valence-corrected chi connectivity index (χ2v) is 7.38. The van der Waals surface area contributed by atoms with E-state index in [-0.39, 0.29) is 15.9 Å². The zero-order valence-corrected chi connectivity index (χ0v) is 14.7. The van der Waals surface area contributed by atoms with Crippen molar-refractivity contribution in [2.75, 3.05) is 0 Å². The van der Waals surface area contributed by atoms with E-state index in [1.54, 1.807) is 0 Å². The zero-order chi connectivity index (χ0) is 21.3. The predicted molar refractivity (Wildman–Crippen MR) is 75.3 cm³/mol. The van der Waals surface area contributed by atoms with Crippen molar-refractivity contribution >= 4 is 10.0 Å². The van der Waals surface area contributed by atoms with Gasteiger partial charge in [-0.25, -0.2) is 26.0 Å². The van der Waals surface area contributed by atoms with Crippen LogP contribution < -0.4 is 4.72 Å². The number of hydrogen-bond donors (Lipinski definition) is 1. The molecule has 0 bridgehead atoms. The summed E-state index contributed by atoms with van der Waals surface area (Å²) < 4.78 is 142. The van der Waals surface area contributed by atoms with Crippen molar-refractivity contribution in [1.29, 1.82) is 0 Å². The van der Waals surface area contributed by atoms with Gasteiger partial charge >= 0.3 is 12.2 Å². The van der Waals surface area contributed by atoms with Crippen LogP contribution in [0.1, 0.15) is 27.7 Å². The number of rotatable bonds is 7. The van der Waals surface area contributed by atoms with Crippen LogP contribution in [0.25, 0.3) is 0 Å². The average Bonchev–Trinajstić information content (AvgIpc) is 2.30. The molecule has 0 aliphatic carbocycles. The van der Waals surface area contributed by atoms with Gasteiger partial charge in [0.25, 0.3) is 18.3 Å². The molecule has 0 rings (SSSR count). The Morgan fingerprint density at radius 2 is 1.27 bits per heavy atom. The third-order valence-electron chi connectivity index (χ3n) is 3.14. The standard InChI is InChI=1S/C13H16F9NO2S/c1-6(2)5-8(7(3)4)26(24,25)23-13(21,22)11(9(14)15,10(16)17)12(18,19)20/h5,9-10,23H,1-4H3. The molecule has 0 spiro atoms. The number of nitrogens with one attached hydrogen (secondary N) is 1. The van der Waals surface area contributed by atoms with Gasteiger partial charge < -0.3 is 0 Å². The lowest BCUT2D eigenvalue weighted by molar-refractivity contribution is -0.372. The van der Waals surface area contributed by atoms with Crippen LogP contribution in [0.3, 0.4) is 0 Å². The van der Waals surface area contributed by atoms with Gasteiger partial charge in [0.1, 0.15) is 0 Å². The van der Waals surface area contributed by atoms with Gasteiger partial charge in [-0.1, -0.05) is 11.1 Å². The van der Waals surface area contributed by atoms with Gasteiger partial charge in [0.2, 0.25) is 10.0 Å². The van der Waals surface area contributed by atoms with Crippen LogP contribution in [0, 0.1) is 5.41 Å². The molecular formula is C13H16F9NO2S. The lowest BCUT2D eigenvalue weighted by Gasteiger charge is -2.39. The van der Waals surface area contributed by atoms with Crippen molar-refractivity contribution < 1.29 is 47.9 Å². The molecule has 0 saturated carbocycles. The molecule has 0 saturated heterocycles. The number of hydrogen-bond acceptors (Lipinski definition) is 2. The fraction of sp³-hybridized carbons (Fsp3) is 0.692. The highest BCUT2D eigenvalue weighted by Crippen LogP contribution is 2.56. The summed E-state index contributed by atoms with van der Waals surface area (Å²) in [6.07, 6.45) is -16.7. The zero-order valence-electron chi connectivity index (χ0n) is 13.9. The van der Waals surface area contributed by atoms with Crippen LogP contribution in [0.2, 0.25) is 0 Å². The Kier molecular flexibility index (Phi) is 7.41. The Hall–Kier alpha value is -1.24. The first-order valence-electron chi connectivity index (χ1n) is 6.71. The summed E-state index contributed by atoms with van der Waals surface area (Å²) >= 11 is 0. The van der Waals surface area contributed by atoms with Gasteiger partial charge in [0.05, 0.1) is 4.91 Å². The molecule has 154 valence electrons. The largest absolute Gasteiger partial charge is 0.413 e. The minimum atomic E-state index is -6.83. The van der Waals surface area contributed by atoms with E-state index in [1.807, 2.05) is 0 Å². The van der Waals surface area contributed by atoms with Gasteiger partial charge in [-0.3, -0.25) is 0 Å². The molecule has 0 heterocycles. The SMILES string of the molecule is CC(C)=CC(=C(C)C)S(=O)(=O)NC(F)(F)C(C(F)F)(C(F)F)C(F)(F)F. The van der Waals surface area contributed by atoms with E-state index in [0.717, 1.165) is 19.9 Å². The molecule has 0 aromatic heterocycles. The molecule has 0 radical (unpaired) electrons. The number of alkyl halides is 9. The first-order chi connectivity index (χ1) is 11.3. The fourth-order valence-electron chi connectivity index (χ4n) is 1.86. The molecule has 0 unspecified atom stereocenters. The summed E-state index contributed by atoms with van der Waals surface area (Å²) in [4.78, 5) is -0.961. The number of allylic oxidation sites excluding steroid dienone is 3. The Labute approximate surface area is 144 Å². The van der Waals surface area contributed by atoms with E-state index in [9.17, 15) is 47.9 Å². The summed E-state index contributed by atoms with van der Waals surface area (Å²) in [6, 6.07) is -6.25. The smallest absolute Gasteiger partial charge is 0.209 e. The maximum absolute atomic E-state index is 14.0. The molecule has 0 atom stereocenters. The lowest BCUT2D eigenvalue weighted by Crippen LogP contribution is -2.67. The molecule has 0 fully saturated rings. The van der Waals surface area contributed by atoms with E-state index >= 15 is 0 Å². The lowest BCUT2D eigenvalue weighted by atomic mass is 9.85. The Morgan fingerprint density at radius 1 is 0.885 bits per heavy atom. The van der Waals surface area contributed by atoms with Crippen molar-refractivity contribution in [2.45, 2.75) is 52.8 Å². The first kappa shape index (κ1) is 24.8. The van der Waals surface area contributed by atoms with Gasteiger partial charge in [-0.2, -0.15) is 22.0 Å². The molecule has 3 nitrogen and oxygen atoms in total.